The number of carbonyl (C=O) groups is 1. The third kappa shape index (κ3) is 6.06. The van der Waals surface area contributed by atoms with Crippen LogP contribution in [-0.2, 0) is 9.53 Å². The number of halogens is 1. The number of nitrogens with one attached hydrogen (secondary N) is 1. The second-order valence-corrected chi connectivity index (χ2v) is 7.77. The van der Waals surface area contributed by atoms with Crippen LogP contribution in [0, 0.1) is 5.92 Å². The molecule has 0 radical (unpaired) electrons. The number of ether oxygens (including phenoxy) is 3. The highest BCUT2D eigenvalue weighted by Gasteiger charge is 2.19. The fourth-order valence-corrected chi connectivity index (χ4v) is 3.68. The summed E-state index contributed by atoms with van der Waals surface area (Å²) in [6.07, 6.45) is 4.83. The van der Waals surface area contributed by atoms with E-state index >= 15 is 0 Å². The predicted octanol–water partition coefficient (Wildman–Crippen LogP) is 4.11. The standard InChI is InChI=1S/C23H28ClN3O4/c1-2-29-23(28)21(27-26)22(25)31-18-11-12-19(16-7-9-17(24)10-8-16)20(13-18)30-14-15-5-3-4-6-15/h7-13,15,27H,2-6,14,25-26H2,1H3/b22-21+. The van der Waals surface area contributed by atoms with Crippen molar-refractivity contribution in [2.24, 2.45) is 17.5 Å². The highest BCUT2D eigenvalue weighted by Crippen LogP contribution is 2.36. The van der Waals surface area contributed by atoms with E-state index in [-0.39, 0.29) is 18.2 Å². The Kier molecular flexibility index (Phi) is 8.03. The Labute approximate surface area is 187 Å². The van der Waals surface area contributed by atoms with Gasteiger partial charge in [-0.25, -0.2) is 4.79 Å². The van der Waals surface area contributed by atoms with Crippen molar-refractivity contribution in [1.29, 1.82) is 0 Å². The third-order valence-electron chi connectivity index (χ3n) is 5.16. The molecule has 2 aromatic carbocycles. The summed E-state index contributed by atoms with van der Waals surface area (Å²) in [5, 5.41) is 0.663. The molecule has 0 saturated heterocycles. The van der Waals surface area contributed by atoms with Crippen LogP contribution in [0.25, 0.3) is 11.1 Å². The van der Waals surface area contributed by atoms with Crippen molar-refractivity contribution in [2.45, 2.75) is 32.6 Å². The zero-order valence-corrected chi connectivity index (χ0v) is 18.3. The highest BCUT2D eigenvalue weighted by atomic mass is 35.5. The molecule has 7 nitrogen and oxygen atoms in total. The number of hydrazine groups is 1. The molecule has 1 fully saturated rings. The summed E-state index contributed by atoms with van der Waals surface area (Å²) < 4.78 is 16.8. The van der Waals surface area contributed by atoms with Gasteiger partial charge in [0.2, 0.25) is 5.88 Å². The van der Waals surface area contributed by atoms with Crippen molar-refractivity contribution in [3.8, 4) is 22.6 Å². The van der Waals surface area contributed by atoms with Gasteiger partial charge in [-0.05, 0) is 55.5 Å². The molecule has 0 unspecified atom stereocenters. The van der Waals surface area contributed by atoms with E-state index in [1.807, 2.05) is 30.3 Å². The lowest BCUT2D eigenvalue weighted by molar-refractivity contribution is -0.139. The zero-order valence-electron chi connectivity index (χ0n) is 17.5. The van der Waals surface area contributed by atoms with Gasteiger partial charge >= 0.3 is 5.97 Å². The van der Waals surface area contributed by atoms with Crippen molar-refractivity contribution in [3.05, 3.63) is 59.1 Å². The van der Waals surface area contributed by atoms with Crippen LogP contribution in [0.1, 0.15) is 32.6 Å². The van der Waals surface area contributed by atoms with Crippen molar-refractivity contribution in [3.63, 3.8) is 0 Å². The van der Waals surface area contributed by atoms with Gasteiger partial charge in [0.15, 0.2) is 5.70 Å². The second-order valence-electron chi connectivity index (χ2n) is 7.33. The van der Waals surface area contributed by atoms with Crippen LogP contribution in [0.5, 0.6) is 11.5 Å². The van der Waals surface area contributed by atoms with E-state index in [4.69, 9.17) is 37.4 Å². The maximum atomic E-state index is 12.0. The fourth-order valence-electron chi connectivity index (χ4n) is 3.55. The number of hydrogen-bond acceptors (Lipinski definition) is 7. The van der Waals surface area contributed by atoms with Crippen LogP contribution < -0.4 is 26.5 Å². The lowest BCUT2D eigenvalue weighted by atomic mass is 10.0. The minimum Gasteiger partial charge on any atom is -0.493 e. The molecule has 31 heavy (non-hydrogen) atoms. The van der Waals surface area contributed by atoms with Gasteiger partial charge < -0.3 is 25.4 Å². The van der Waals surface area contributed by atoms with Gasteiger partial charge in [0, 0.05) is 16.7 Å². The molecule has 3 rings (SSSR count). The molecule has 1 aliphatic rings. The molecular weight excluding hydrogens is 418 g/mol. The van der Waals surface area contributed by atoms with Gasteiger partial charge in [0.05, 0.1) is 13.2 Å². The first-order valence-electron chi connectivity index (χ1n) is 10.4. The number of nitrogens with two attached hydrogens (primary N) is 2. The Morgan fingerprint density at radius 2 is 1.87 bits per heavy atom. The number of esters is 1. The molecule has 0 bridgehead atoms. The topological polar surface area (TPSA) is 109 Å². The first-order chi connectivity index (χ1) is 15.0. The summed E-state index contributed by atoms with van der Waals surface area (Å²) in [6, 6.07) is 12.9. The van der Waals surface area contributed by atoms with Gasteiger partial charge in [-0.2, -0.15) is 0 Å². The number of carbonyl (C=O) groups excluding carboxylic acids is 1. The van der Waals surface area contributed by atoms with E-state index in [0.717, 1.165) is 11.1 Å². The molecule has 2 aromatic rings. The molecular formula is C23H28ClN3O4. The molecule has 0 aliphatic heterocycles. The Morgan fingerprint density at radius 1 is 1.16 bits per heavy atom. The molecule has 0 spiro atoms. The van der Waals surface area contributed by atoms with E-state index < -0.39 is 5.97 Å². The van der Waals surface area contributed by atoms with Gasteiger partial charge in [0.1, 0.15) is 11.5 Å². The van der Waals surface area contributed by atoms with Crippen LogP contribution in [0.15, 0.2) is 54.0 Å². The highest BCUT2D eigenvalue weighted by molar-refractivity contribution is 6.30. The van der Waals surface area contributed by atoms with Crippen molar-refractivity contribution in [1.82, 2.24) is 5.43 Å². The van der Waals surface area contributed by atoms with E-state index in [1.54, 1.807) is 19.1 Å². The van der Waals surface area contributed by atoms with Crippen molar-refractivity contribution in [2.75, 3.05) is 13.2 Å². The summed E-state index contributed by atoms with van der Waals surface area (Å²) in [5.41, 5.74) is 9.90. The Bertz CT molecular complexity index is 925. The van der Waals surface area contributed by atoms with Crippen LogP contribution in [-0.4, -0.2) is 19.2 Å². The second kappa shape index (κ2) is 10.9. The Hall–Kier alpha value is -2.90. The molecule has 166 valence electrons. The molecule has 5 N–H and O–H groups in total. The van der Waals surface area contributed by atoms with Crippen LogP contribution in [0.2, 0.25) is 5.02 Å². The number of rotatable bonds is 9. The molecule has 8 heteroatoms. The minimum absolute atomic E-state index is 0.156. The fraction of sp³-hybridized carbons (Fsp3) is 0.348. The maximum Gasteiger partial charge on any atom is 0.361 e. The van der Waals surface area contributed by atoms with E-state index in [0.29, 0.717) is 29.0 Å². The van der Waals surface area contributed by atoms with Gasteiger partial charge in [-0.1, -0.05) is 36.6 Å². The Balaban J connectivity index is 1.88. The molecule has 0 atom stereocenters. The van der Waals surface area contributed by atoms with E-state index in [2.05, 4.69) is 5.43 Å². The monoisotopic (exact) mass is 445 g/mol. The zero-order chi connectivity index (χ0) is 22.2. The molecule has 0 amide bonds. The largest absolute Gasteiger partial charge is 0.493 e. The molecule has 1 aliphatic carbocycles. The molecule has 0 heterocycles. The molecule has 1 saturated carbocycles. The number of hydrogen-bond donors (Lipinski definition) is 3. The van der Waals surface area contributed by atoms with Crippen LogP contribution >= 0.6 is 11.6 Å². The van der Waals surface area contributed by atoms with Gasteiger partial charge in [-0.3, -0.25) is 5.84 Å². The quantitative estimate of drug-likeness (QED) is 0.175. The lowest BCUT2D eigenvalue weighted by Gasteiger charge is -2.17. The summed E-state index contributed by atoms with van der Waals surface area (Å²) >= 11 is 6.04. The summed E-state index contributed by atoms with van der Waals surface area (Å²) in [6.45, 7) is 2.51. The number of benzene rings is 2. The summed E-state index contributed by atoms with van der Waals surface area (Å²) in [4.78, 5) is 12.0. The maximum absolute atomic E-state index is 12.0. The average Bonchev–Trinajstić information content (AvgIpc) is 3.27. The SMILES string of the molecule is CCOC(=O)/C(NN)=C(/N)Oc1ccc(-c2ccc(Cl)cc2)c(OCC2CCCC2)c1. The smallest absolute Gasteiger partial charge is 0.361 e. The summed E-state index contributed by atoms with van der Waals surface area (Å²) in [5.74, 6) is 6.15. The average molecular weight is 446 g/mol. The Morgan fingerprint density at radius 3 is 2.52 bits per heavy atom. The third-order valence-corrected chi connectivity index (χ3v) is 5.41. The van der Waals surface area contributed by atoms with Gasteiger partial charge in [-0.15, -0.1) is 0 Å². The van der Waals surface area contributed by atoms with Crippen LogP contribution in [0.4, 0.5) is 0 Å². The van der Waals surface area contributed by atoms with E-state index in [9.17, 15) is 4.79 Å². The lowest BCUT2D eigenvalue weighted by Crippen LogP contribution is -2.32. The first kappa shape index (κ1) is 22.8. The predicted molar refractivity (Wildman–Crippen MR) is 120 cm³/mol. The van der Waals surface area contributed by atoms with Crippen LogP contribution in [0.3, 0.4) is 0 Å². The summed E-state index contributed by atoms with van der Waals surface area (Å²) in [7, 11) is 0. The normalized spacial score (nSPS) is 14.7. The first-order valence-corrected chi connectivity index (χ1v) is 10.7. The molecule has 0 aromatic heterocycles. The van der Waals surface area contributed by atoms with Gasteiger partial charge in [0.25, 0.3) is 0 Å². The minimum atomic E-state index is -0.696. The van der Waals surface area contributed by atoms with E-state index in [1.165, 1.54) is 25.7 Å². The van der Waals surface area contributed by atoms with Crippen molar-refractivity contribution < 1.29 is 19.0 Å². The van der Waals surface area contributed by atoms with Crippen molar-refractivity contribution >= 4 is 17.6 Å².